The first-order chi connectivity index (χ1) is 14.3. The summed E-state index contributed by atoms with van der Waals surface area (Å²) in [5, 5.41) is 6.53. The average Bonchev–Trinajstić information content (AvgIpc) is 2.66. The Balaban J connectivity index is 1.86. The lowest BCUT2D eigenvalue weighted by atomic mass is 10.0. The van der Waals surface area contributed by atoms with E-state index < -0.39 is 9.84 Å². The van der Waals surface area contributed by atoms with E-state index in [1.807, 2.05) is 6.92 Å². The quantitative estimate of drug-likeness (QED) is 0.332. The van der Waals surface area contributed by atoms with Crippen molar-refractivity contribution in [1.82, 2.24) is 15.5 Å². The number of piperidine rings is 1. The molecule has 1 aliphatic rings. The van der Waals surface area contributed by atoms with E-state index in [4.69, 9.17) is 0 Å². The van der Waals surface area contributed by atoms with Crippen molar-refractivity contribution < 1.29 is 12.8 Å². The number of sulfone groups is 1. The summed E-state index contributed by atoms with van der Waals surface area (Å²) in [5.41, 5.74) is 1.19. The number of hydrogen-bond donors (Lipinski definition) is 2. The van der Waals surface area contributed by atoms with Gasteiger partial charge in [0.05, 0.1) is 12.3 Å². The van der Waals surface area contributed by atoms with Crippen LogP contribution < -0.4 is 10.6 Å². The fraction of sp³-hybridized carbons (Fsp3) is 0.682. The van der Waals surface area contributed by atoms with Crippen LogP contribution in [-0.4, -0.2) is 58.3 Å². The van der Waals surface area contributed by atoms with Crippen LogP contribution in [0.15, 0.2) is 23.2 Å². The number of nitrogens with one attached hydrogen (secondary N) is 2. The molecule has 0 saturated carbocycles. The lowest BCUT2D eigenvalue weighted by Crippen LogP contribution is -2.38. The summed E-state index contributed by atoms with van der Waals surface area (Å²) in [6, 6.07) is 4.19. The summed E-state index contributed by atoms with van der Waals surface area (Å²) >= 11 is 0. The molecule has 1 fully saturated rings. The first kappa shape index (κ1) is 24.6. The van der Waals surface area contributed by atoms with Gasteiger partial charge in [0, 0.05) is 25.9 Å². The summed E-state index contributed by atoms with van der Waals surface area (Å²) in [6.07, 6.45) is 6.02. The molecule has 0 radical (unpaired) electrons. The highest BCUT2D eigenvalue weighted by Crippen LogP contribution is 2.16. The first-order valence-corrected chi connectivity index (χ1v) is 13.0. The number of likely N-dealkylation sites (tertiary alicyclic amines) is 1. The fourth-order valence-corrected chi connectivity index (χ4v) is 4.67. The molecule has 1 aliphatic heterocycles. The molecular formula is C22H37FN4O2S. The molecule has 170 valence electrons. The molecule has 1 saturated heterocycles. The third-order valence-corrected chi connectivity index (χ3v) is 6.11. The molecule has 2 N–H and O–H groups in total. The number of guanidine groups is 1. The van der Waals surface area contributed by atoms with Crippen molar-refractivity contribution in [1.29, 1.82) is 0 Å². The minimum atomic E-state index is -3.20. The number of rotatable bonds is 10. The third-order valence-electron chi connectivity index (χ3n) is 5.27. The molecule has 8 heteroatoms. The standard InChI is InChI=1S/C22H37FN4O2S/c1-4-24-22(25-11-5-6-12-27-13-7-8-18(2)16-27)26-15-20-14-21(23)10-9-19(20)17-30(3,28)29/h9-10,14,18H,4-8,11-13,15-17H2,1-3H3,(H2,24,25,26). The van der Waals surface area contributed by atoms with Gasteiger partial charge in [0.15, 0.2) is 15.8 Å². The molecule has 0 bridgehead atoms. The Bertz CT molecular complexity index is 798. The summed E-state index contributed by atoms with van der Waals surface area (Å²) in [5.74, 6) is 0.970. The summed E-state index contributed by atoms with van der Waals surface area (Å²) < 4.78 is 37.0. The van der Waals surface area contributed by atoms with Gasteiger partial charge in [-0.05, 0) is 74.9 Å². The van der Waals surface area contributed by atoms with E-state index in [9.17, 15) is 12.8 Å². The van der Waals surface area contributed by atoms with E-state index in [0.29, 0.717) is 17.1 Å². The maximum absolute atomic E-state index is 13.7. The molecule has 0 aliphatic carbocycles. The number of benzene rings is 1. The molecule has 0 amide bonds. The van der Waals surface area contributed by atoms with Crippen molar-refractivity contribution in [3.63, 3.8) is 0 Å². The number of aliphatic imine (C=N–C) groups is 1. The first-order valence-electron chi connectivity index (χ1n) is 11.0. The molecule has 6 nitrogen and oxygen atoms in total. The monoisotopic (exact) mass is 440 g/mol. The average molecular weight is 441 g/mol. The highest BCUT2D eigenvalue weighted by molar-refractivity contribution is 7.89. The van der Waals surface area contributed by atoms with Gasteiger partial charge in [0.25, 0.3) is 0 Å². The molecule has 0 spiro atoms. The van der Waals surface area contributed by atoms with Gasteiger partial charge in [0.1, 0.15) is 5.82 Å². The van der Waals surface area contributed by atoms with Gasteiger partial charge in [-0.1, -0.05) is 13.0 Å². The largest absolute Gasteiger partial charge is 0.357 e. The lowest BCUT2D eigenvalue weighted by Gasteiger charge is -2.30. The van der Waals surface area contributed by atoms with Crippen molar-refractivity contribution in [2.75, 3.05) is 39.0 Å². The Morgan fingerprint density at radius 3 is 2.77 bits per heavy atom. The molecule has 30 heavy (non-hydrogen) atoms. The van der Waals surface area contributed by atoms with E-state index >= 15 is 0 Å². The van der Waals surface area contributed by atoms with Crippen molar-refractivity contribution in [3.8, 4) is 0 Å². The summed E-state index contributed by atoms with van der Waals surface area (Å²) in [4.78, 5) is 7.09. The van der Waals surface area contributed by atoms with Crippen molar-refractivity contribution >= 4 is 15.8 Å². The predicted octanol–water partition coefficient (Wildman–Crippen LogP) is 2.94. The Kier molecular flexibility index (Phi) is 10.0. The Labute approximate surface area is 181 Å². The predicted molar refractivity (Wildman–Crippen MR) is 122 cm³/mol. The van der Waals surface area contributed by atoms with Gasteiger partial charge in [0.2, 0.25) is 0 Å². The van der Waals surface area contributed by atoms with Gasteiger partial charge in [-0.2, -0.15) is 0 Å². The van der Waals surface area contributed by atoms with Crippen molar-refractivity contribution in [3.05, 3.63) is 35.1 Å². The SMILES string of the molecule is CCNC(=NCc1cc(F)ccc1CS(C)(=O)=O)NCCCCN1CCCC(C)C1. The summed E-state index contributed by atoms with van der Waals surface area (Å²) in [7, 11) is -3.20. The molecule has 1 unspecified atom stereocenters. The molecule has 0 aromatic heterocycles. The zero-order valence-electron chi connectivity index (χ0n) is 18.6. The van der Waals surface area contributed by atoms with E-state index in [1.165, 1.54) is 50.4 Å². The van der Waals surface area contributed by atoms with Crippen LogP contribution in [-0.2, 0) is 22.1 Å². The highest BCUT2D eigenvalue weighted by atomic mass is 32.2. The van der Waals surface area contributed by atoms with Crippen LogP contribution in [0.25, 0.3) is 0 Å². The maximum Gasteiger partial charge on any atom is 0.191 e. The fourth-order valence-electron chi connectivity index (χ4n) is 3.83. The van der Waals surface area contributed by atoms with Crippen LogP contribution in [0.5, 0.6) is 0 Å². The molecule has 1 heterocycles. The normalized spacial score (nSPS) is 18.4. The number of halogens is 1. The number of hydrogen-bond acceptors (Lipinski definition) is 4. The van der Waals surface area contributed by atoms with E-state index in [1.54, 1.807) is 0 Å². The van der Waals surface area contributed by atoms with Crippen LogP contribution in [0, 0.1) is 11.7 Å². The molecular weight excluding hydrogens is 403 g/mol. The van der Waals surface area contributed by atoms with Crippen molar-refractivity contribution in [2.45, 2.75) is 51.8 Å². The number of nitrogens with zero attached hydrogens (tertiary/aromatic N) is 2. The topological polar surface area (TPSA) is 73.8 Å². The van der Waals surface area contributed by atoms with Gasteiger partial charge in [-0.15, -0.1) is 0 Å². The number of unbranched alkanes of at least 4 members (excludes halogenated alkanes) is 1. The van der Waals surface area contributed by atoms with Crippen LogP contribution in [0.2, 0.25) is 0 Å². The van der Waals surface area contributed by atoms with E-state index in [2.05, 4.69) is 27.4 Å². The molecule has 1 aromatic carbocycles. The molecule has 2 rings (SSSR count). The minimum Gasteiger partial charge on any atom is -0.357 e. The Morgan fingerprint density at radius 2 is 2.07 bits per heavy atom. The van der Waals surface area contributed by atoms with E-state index in [0.717, 1.165) is 38.4 Å². The second-order valence-electron chi connectivity index (χ2n) is 8.36. The highest BCUT2D eigenvalue weighted by Gasteiger charge is 2.15. The molecule has 1 aromatic rings. The Hall–Kier alpha value is -1.67. The lowest BCUT2D eigenvalue weighted by molar-refractivity contribution is 0.181. The zero-order chi connectivity index (χ0) is 22.0. The van der Waals surface area contributed by atoms with E-state index in [-0.39, 0.29) is 18.1 Å². The van der Waals surface area contributed by atoms with Crippen LogP contribution >= 0.6 is 0 Å². The van der Waals surface area contributed by atoms with Crippen LogP contribution in [0.1, 0.15) is 50.7 Å². The van der Waals surface area contributed by atoms with Crippen molar-refractivity contribution in [2.24, 2.45) is 10.9 Å². The minimum absolute atomic E-state index is 0.114. The third kappa shape index (κ3) is 9.43. The second-order valence-corrected chi connectivity index (χ2v) is 10.5. The second kappa shape index (κ2) is 12.2. The van der Waals surface area contributed by atoms with Gasteiger partial charge in [-0.3, -0.25) is 0 Å². The maximum atomic E-state index is 13.7. The molecule has 1 atom stereocenters. The van der Waals surface area contributed by atoms with Gasteiger partial charge in [-0.25, -0.2) is 17.8 Å². The van der Waals surface area contributed by atoms with Crippen LogP contribution in [0.3, 0.4) is 0 Å². The Morgan fingerprint density at radius 1 is 1.27 bits per heavy atom. The zero-order valence-corrected chi connectivity index (χ0v) is 19.4. The smallest absolute Gasteiger partial charge is 0.191 e. The van der Waals surface area contributed by atoms with Crippen LogP contribution in [0.4, 0.5) is 4.39 Å². The van der Waals surface area contributed by atoms with Gasteiger partial charge < -0.3 is 15.5 Å². The van der Waals surface area contributed by atoms with Gasteiger partial charge >= 0.3 is 0 Å². The summed E-state index contributed by atoms with van der Waals surface area (Å²) in [6.45, 7) is 9.64.